The number of carbonyl (C=O) groups excluding carboxylic acids is 1. The molecule has 0 atom stereocenters. The molecule has 1 aliphatic heterocycles. The summed E-state index contributed by atoms with van der Waals surface area (Å²) in [7, 11) is 0. The second-order valence-electron chi connectivity index (χ2n) is 6.06. The van der Waals surface area contributed by atoms with Crippen LogP contribution in [-0.4, -0.2) is 43.7 Å². The van der Waals surface area contributed by atoms with Crippen molar-refractivity contribution in [1.82, 2.24) is 4.90 Å². The summed E-state index contributed by atoms with van der Waals surface area (Å²) in [4.78, 5) is 14.1. The van der Waals surface area contributed by atoms with Crippen LogP contribution in [0.25, 0.3) is 0 Å². The highest BCUT2D eigenvalue weighted by Gasteiger charge is 2.25. The van der Waals surface area contributed by atoms with E-state index >= 15 is 0 Å². The van der Waals surface area contributed by atoms with Crippen molar-refractivity contribution in [2.75, 3.05) is 32.8 Å². The quantitative estimate of drug-likeness (QED) is 0.541. The van der Waals surface area contributed by atoms with E-state index in [0.717, 1.165) is 51.1 Å². The lowest BCUT2D eigenvalue weighted by atomic mass is 9.97. The number of carbonyl (C=O) groups is 1. The number of benzene rings is 1. The molecule has 0 amide bonds. The Balaban J connectivity index is 1.55. The summed E-state index contributed by atoms with van der Waals surface area (Å²) in [6, 6.07) is 9.29. The van der Waals surface area contributed by atoms with E-state index in [-0.39, 0.29) is 11.9 Å². The summed E-state index contributed by atoms with van der Waals surface area (Å²) < 4.78 is 10.8. The van der Waals surface area contributed by atoms with Gasteiger partial charge in [-0.1, -0.05) is 0 Å². The molecule has 2 rings (SSSR count). The molecule has 0 unspecified atom stereocenters. The number of nitrogens with zero attached hydrogens (tertiary/aromatic N) is 2. The minimum Gasteiger partial charge on any atom is -0.494 e. The summed E-state index contributed by atoms with van der Waals surface area (Å²) in [5, 5.41) is 8.75. The monoisotopic (exact) mass is 330 g/mol. The van der Waals surface area contributed by atoms with Gasteiger partial charge in [0.1, 0.15) is 5.75 Å². The van der Waals surface area contributed by atoms with E-state index in [0.29, 0.717) is 18.8 Å². The molecule has 0 aromatic heterocycles. The van der Waals surface area contributed by atoms with Crippen molar-refractivity contribution >= 4 is 5.97 Å². The Kier molecular flexibility index (Phi) is 7.57. The van der Waals surface area contributed by atoms with Gasteiger partial charge in [0.05, 0.1) is 30.8 Å². The zero-order chi connectivity index (χ0) is 17.2. The zero-order valence-corrected chi connectivity index (χ0v) is 14.4. The van der Waals surface area contributed by atoms with Crippen molar-refractivity contribution in [2.45, 2.75) is 32.6 Å². The molecular formula is C19H26N2O3. The largest absolute Gasteiger partial charge is 0.494 e. The first-order valence-corrected chi connectivity index (χ1v) is 8.75. The van der Waals surface area contributed by atoms with Gasteiger partial charge in [0, 0.05) is 0 Å². The van der Waals surface area contributed by atoms with Gasteiger partial charge in [-0.05, 0) is 76.5 Å². The van der Waals surface area contributed by atoms with E-state index in [1.807, 2.05) is 19.1 Å². The highest BCUT2D eigenvalue weighted by molar-refractivity contribution is 5.72. The predicted octanol–water partition coefficient (Wildman–Crippen LogP) is 2.99. The van der Waals surface area contributed by atoms with Crippen LogP contribution in [0.2, 0.25) is 0 Å². The van der Waals surface area contributed by atoms with Crippen LogP contribution in [0.15, 0.2) is 24.3 Å². The van der Waals surface area contributed by atoms with Gasteiger partial charge in [-0.25, -0.2) is 0 Å². The van der Waals surface area contributed by atoms with Gasteiger partial charge in [-0.2, -0.15) is 5.26 Å². The van der Waals surface area contributed by atoms with Gasteiger partial charge in [-0.15, -0.1) is 0 Å². The average Bonchev–Trinajstić information content (AvgIpc) is 2.62. The number of likely N-dealkylation sites (tertiary alicyclic amines) is 1. The Morgan fingerprint density at radius 2 is 1.96 bits per heavy atom. The smallest absolute Gasteiger partial charge is 0.309 e. The Hall–Kier alpha value is -2.06. The van der Waals surface area contributed by atoms with Crippen LogP contribution >= 0.6 is 0 Å². The molecule has 1 aromatic rings. The maximum absolute atomic E-state index is 11.7. The van der Waals surface area contributed by atoms with Crippen molar-refractivity contribution in [1.29, 1.82) is 5.26 Å². The molecule has 1 heterocycles. The lowest BCUT2D eigenvalue weighted by Gasteiger charge is -2.30. The number of ether oxygens (including phenoxy) is 2. The van der Waals surface area contributed by atoms with Crippen LogP contribution in [0.3, 0.4) is 0 Å². The maximum atomic E-state index is 11.7. The van der Waals surface area contributed by atoms with Gasteiger partial charge in [0.15, 0.2) is 0 Å². The fourth-order valence-corrected chi connectivity index (χ4v) is 2.91. The summed E-state index contributed by atoms with van der Waals surface area (Å²) in [6.07, 6.45) is 3.89. The van der Waals surface area contributed by atoms with Gasteiger partial charge >= 0.3 is 5.97 Å². The molecule has 24 heavy (non-hydrogen) atoms. The highest BCUT2D eigenvalue weighted by atomic mass is 16.5. The third kappa shape index (κ3) is 5.86. The molecule has 0 aliphatic carbocycles. The molecule has 0 radical (unpaired) electrons. The predicted molar refractivity (Wildman–Crippen MR) is 91.7 cm³/mol. The molecule has 0 bridgehead atoms. The highest BCUT2D eigenvalue weighted by Crippen LogP contribution is 2.19. The zero-order valence-electron chi connectivity index (χ0n) is 14.4. The van der Waals surface area contributed by atoms with Gasteiger partial charge in [0.2, 0.25) is 0 Å². The molecule has 1 fully saturated rings. The van der Waals surface area contributed by atoms with E-state index < -0.39 is 0 Å². The number of hydrogen-bond acceptors (Lipinski definition) is 5. The normalized spacial score (nSPS) is 15.7. The van der Waals surface area contributed by atoms with Gasteiger partial charge < -0.3 is 14.4 Å². The van der Waals surface area contributed by atoms with Crippen molar-refractivity contribution < 1.29 is 14.3 Å². The summed E-state index contributed by atoms with van der Waals surface area (Å²) in [5.74, 6) is 0.859. The first-order valence-electron chi connectivity index (χ1n) is 8.75. The Labute approximate surface area is 144 Å². The number of unbranched alkanes of at least 4 members (excludes halogenated alkanes) is 1. The average molecular weight is 330 g/mol. The minimum atomic E-state index is -0.0343. The van der Waals surface area contributed by atoms with E-state index in [1.165, 1.54) is 0 Å². The third-order valence-corrected chi connectivity index (χ3v) is 4.33. The molecule has 5 nitrogen and oxygen atoms in total. The Bertz CT molecular complexity index is 543. The molecule has 1 aliphatic rings. The molecular weight excluding hydrogens is 304 g/mol. The molecule has 5 heteroatoms. The van der Waals surface area contributed by atoms with E-state index in [1.54, 1.807) is 12.1 Å². The van der Waals surface area contributed by atoms with Crippen molar-refractivity contribution in [3.8, 4) is 11.8 Å². The molecule has 1 saturated heterocycles. The van der Waals surface area contributed by atoms with Crippen LogP contribution < -0.4 is 4.74 Å². The van der Waals surface area contributed by atoms with Crippen molar-refractivity contribution in [2.24, 2.45) is 5.92 Å². The SMILES string of the molecule is CCOC(=O)C1CCN(CCCCOc2ccc(C#N)cc2)CC1. The minimum absolute atomic E-state index is 0.0343. The van der Waals surface area contributed by atoms with Crippen molar-refractivity contribution in [3.63, 3.8) is 0 Å². The Morgan fingerprint density at radius 3 is 2.58 bits per heavy atom. The number of piperidine rings is 1. The maximum Gasteiger partial charge on any atom is 0.309 e. The van der Waals surface area contributed by atoms with Crippen molar-refractivity contribution in [3.05, 3.63) is 29.8 Å². The fourth-order valence-electron chi connectivity index (χ4n) is 2.91. The lowest BCUT2D eigenvalue weighted by molar-refractivity contribution is -0.149. The standard InChI is InChI=1S/C19H26N2O3/c1-2-23-19(22)17-9-12-21(13-10-17)11-3-4-14-24-18-7-5-16(15-20)6-8-18/h5-8,17H,2-4,9-14H2,1H3. The number of nitriles is 1. The van der Waals surface area contributed by atoms with Crippen LogP contribution in [-0.2, 0) is 9.53 Å². The number of esters is 1. The first kappa shape index (κ1) is 18.3. The van der Waals surface area contributed by atoms with Crippen LogP contribution in [0.5, 0.6) is 5.75 Å². The van der Waals surface area contributed by atoms with Crippen LogP contribution in [0.1, 0.15) is 38.2 Å². The number of rotatable bonds is 8. The molecule has 0 spiro atoms. The summed E-state index contributed by atoms with van der Waals surface area (Å²) in [5.41, 5.74) is 0.647. The lowest BCUT2D eigenvalue weighted by Crippen LogP contribution is -2.37. The first-order chi connectivity index (χ1) is 11.7. The van der Waals surface area contributed by atoms with E-state index in [4.69, 9.17) is 14.7 Å². The Morgan fingerprint density at radius 1 is 1.25 bits per heavy atom. The third-order valence-electron chi connectivity index (χ3n) is 4.33. The molecule has 0 N–H and O–H groups in total. The van der Waals surface area contributed by atoms with Crippen LogP contribution in [0, 0.1) is 17.2 Å². The van der Waals surface area contributed by atoms with E-state index in [9.17, 15) is 4.79 Å². The van der Waals surface area contributed by atoms with E-state index in [2.05, 4.69) is 11.0 Å². The second-order valence-corrected chi connectivity index (χ2v) is 6.06. The summed E-state index contributed by atoms with van der Waals surface area (Å²) in [6.45, 7) is 6.00. The molecule has 130 valence electrons. The molecule has 0 saturated carbocycles. The van der Waals surface area contributed by atoms with Crippen LogP contribution in [0.4, 0.5) is 0 Å². The summed E-state index contributed by atoms with van der Waals surface area (Å²) >= 11 is 0. The number of hydrogen-bond donors (Lipinski definition) is 0. The second kappa shape index (κ2) is 9.94. The topological polar surface area (TPSA) is 62.6 Å². The van der Waals surface area contributed by atoms with Gasteiger partial charge in [-0.3, -0.25) is 4.79 Å². The van der Waals surface area contributed by atoms with Gasteiger partial charge in [0.25, 0.3) is 0 Å². The fraction of sp³-hybridized carbons (Fsp3) is 0.579. The molecule has 1 aromatic carbocycles.